The number of alkyl halides is 3. The standard InChI is InChI=1S/C13H14F3NO2/c14-13(15,16)5-6-17-8-9(7-12(18)19)10-3-1-2-4-11(10)17/h1-4,9H,5-8H2,(H,18,19). The second kappa shape index (κ2) is 5.11. The van der Waals surface area contributed by atoms with E-state index in [9.17, 15) is 18.0 Å². The number of carboxylic acid groups (broad SMARTS) is 1. The SMILES string of the molecule is O=C(O)CC1CN(CCC(F)(F)F)c2ccccc21. The summed E-state index contributed by atoms with van der Waals surface area (Å²) in [5.74, 6) is -1.17. The summed E-state index contributed by atoms with van der Waals surface area (Å²) in [5, 5.41) is 8.85. The molecule has 0 amide bonds. The molecule has 0 spiro atoms. The van der Waals surface area contributed by atoms with Gasteiger partial charge in [0, 0.05) is 24.7 Å². The highest BCUT2D eigenvalue weighted by atomic mass is 19.4. The Bertz CT molecular complexity index is 473. The molecule has 1 atom stereocenters. The summed E-state index contributed by atoms with van der Waals surface area (Å²) >= 11 is 0. The van der Waals surface area contributed by atoms with Crippen LogP contribution in [0.5, 0.6) is 0 Å². The lowest BCUT2D eigenvalue weighted by molar-refractivity contribution is -0.137. The van der Waals surface area contributed by atoms with E-state index in [1.807, 2.05) is 0 Å². The van der Waals surface area contributed by atoms with Crippen molar-refractivity contribution in [2.75, 3.05) is 18.0 Å². The normalized spacial score (nSPS) is 18.5. The molecule has 1 N–H and O–H groups in total. The summed E-state index contributed by atoms with van der Waals surface area (Å²) in [6.45, 7) is 0.207. The van der Waals surface area contributed by atoms with Gasteiger partial charge in [-0.2, -0.15) is 13.2 Å². The molecule has 1 unspecified atom stereocenters. The van der Waals surface area contributed by atoms with Crippen LogP contribution >= 0.6 is 0 Å². The van der Waals surface area contributed by atoms with Crippen LogP contribution in [0.15, 0.2) is 24.3 Å². The summed E-state index contributed by atoms with van der Waals surface area (Å²) in [6.07, 6.45) is -5.14. The number of hydrogen-bond donors (Lipinski definition) is 1. The molecule has 1 aromatic rings. The number of benzene rings is 1. The van der Waals surface area contributed by atoms with Gasteiger partial charge >= 0.3 is 12.1 Å². The Labute approximate surface area is 108 Å². The lowest BCUT2D eigenvalue weighted by Crippen LogP contribution is -2.27. The van der Waals surface area contributed by atoms with Crippen LogP contribution in [0.25, 0.3) is 0 Å². The van der Waals surface area contributed by atoms with Crippen molar-refractivity contribution in [1.82, 2.24) is 0 Å². The van der Waals surface area contributed by atoms with E-state index in [4.69, 9.17) is 5.11 Å². The molecule has 0 bridgehead atoms. The highest BCUT2D eigenvalue weighted by Crippen LogP contribution is 2.38. The van der Waals surface area contributed by atoms with Gasteiger partial charge in [0.25, 0.3) is 0 Å². The van der Waals surface area contributed by atoms with Crippen LogP contribution in [0.3, 0.4) is 0 Å². The van der Waals surface area contributed by atoms with Crippen LogP contribution < -0.4 is 4.90 Å². The van der Waals surface area contributed by atoms with Gasteiger partial charge in [-0.1, -0.05) is 18.2 Å². The minimum absolute atomic E-state index is 0.0560. The molecular formula is C13H14F3NO2. The highest BCUT2D eigenvalue weighted by molar-refractivity contribution is 5.71. The van der Waals surface area contributed by atoms with Crippen LogP contribution in [0.1, 0.15) is 24.3 Å². The molecule has 1 aliphatic rings. The fourth-order valence-corrected chi connectivity index (χ4v) is 2.44. The number of carboxylic acids is 1. The van der Waals surface area contributed by atoms with Gasteiger partial charge in [-0.25, -0.2) is 0 Å². The molecule has 0 fully saturated rings. The van der Waals surface area contributed by atoms with Gasteiger partial charge in [-0.3, -0.25) is 4.79 Å². The van der Waals surface area contributed by atoms with E-state index in [-0.39, 0.29) is 18.9 Å². The molecule has 1 heterocycles. The molecule has 19 heavy (non-hydrogen) atoms. The lowest BCUT2D eigenvalue weighted by atomic mass is 9.98. The molecule has 3 nitrogen and oxygen atoms in total. The Hall–Kier alpha value is -1.72. The quantitative estimate of drug-likeness (QED) is 0.916. The first-order valence-electron chi connectivity index (χ1n) is 5.99. The van der Waals surface area contributed by atoms with Crippen LogP contribution in [0.4, 0.5) is 18.9 Å². The Morgan fingerprint density at radius 1 is 1.37 bits per heavy atom. The number of para-hydroxylation sites is 1. The Morgan fingerprint density at radius 2 is 2.05 bits per heavy atom. The van der Waals surface area contributed by atoms with Gasteiger partial charge in [0.05, 0.1) is 12.8 Å². The van der Waals surface area contributed by atoms with Crippen molar-refractivity contribution in [3.8, 4) is 0 Å². The van der Waals surface area contributed by atoms with Crippen molar-refractivity contribution < 1.29 is 23.1 Å². The zero-order chi connectivity index (χ0) is 14.0. The number of hydrogen-bond acceptors (Lipinski definition) is 2. The van der Waals surface area contributed by atoms with E-state index in [1.165, 1.54) is 0 Å². The smallest absolute Gasteiger partial charge is 0.390 e. The van der Waals surface area contributed by atoms with Gasteiger partial charge in [-0.05, 0) is 11.6 Å². The second-order valence-corrected chi connectivity index (χ2v) is 4.66. The maximum absolute atomic E-state index is 12.3. The first-order valence-corrected chi connectivity index (χ1v) is 5.99. The summed E-state index contributed by atoms with van der Waals surface area (Å²) in [6, 6.07) is 7.06. The second-order valence-electron chi connectivity index (χ2n) is 4.66. The number of halogens is 3. The van der Waals surface area contributed by atoms with Crippen molar-refractivity contribution in [1.29, 1.82) is 0 Å². The molecule has 0 aliphatic carbocycles. The van der Waals surface area contributed by atoms with E-state index in [0.29, 0.717) is 6.54 Å². The van der Waals surface area contributed by atoms with Crippen LogP contribution in [0, 0.1) is 0 Å². The molecular weight excluding hydrogens is 259 g/mol. The third kappa shape index (κ3) is 3.39. The van der Waals surface area contributed by atoms with E-state index in [0.717, 1.165) is 11.3 Å². The number of nitrogens with zero attached hydrogens (tertiary/aromatic N) is 1. The van der Waals surface area contributed by atoms with Crippen molar-refractivity contribution >= 4 is 11.7 Å². The van der Waals surface area contributed by atoms with Crippen LogP contribution in [0.2, 0.25) is 0 Å². The summed E-state index contributed by atoms with van der Waals surface area (Å²) in [5.41, 5.74) is 1.55. The molecule has 1 aromatic carbocycles. The van der Waals surface area contributed by atoms with E-state index in [2.05, 4.69) is 0 Å². The zero-order valence-corrected chi connectivity index (χ0v) is 10.2. The molecule has 0 aromatic heterocycles. The highest BCUT2D eigenvalue weighted by Gasteiger charge is 2.33. The summed E-state index contributed by atoms with van der Waals surface area (Å²) in [7, 11) is 0. The number of aliphatic carboxylic acids is 1. The van der Waals surface area contributed by atoms with Gasteiger partial charge in [0.2, 0.25) is 0 Å². The van der Waals surface area contributed by atoms with Gasteiger partial charge in [0.15, 0.2) is 0 Å². The van der Waals surface area contributed by atoms with Crippen LogP contribution in [-0.4, -0.2) is 30.3 Å². The third-order valence-corrected chi connectivity index (χ3v) is 3.24. The monoisotopic (exact) mass is 273 g/mol. The average Bonchev–Trinajstić information content (AvgIpc) is 2.64. The first kappa shape index (κ1) is 13.7. The third-order valence-electron chi connectivity index (χ3n) is 3.24. The van der Waals surface area contributed by atoms with Crippen LogP contribution in [-0.2, 0) is 4.79 Å². The zero-order valence-electron chi connectivity index (χ0n) is 10.2. The Balaban J connectivity index is 2.13. The molecule has 0 saturated heterocycles. The number of fused-ring (bicyclic) bond motifs is 1. The fraction of sp³-hybridized carbons (Fsp3) is 0.462. The average molecular weight is 273 g/mol. The van der Waals surface area contributed by atoms with Gasteiger partial charge in [-0.15, -0.1) is 0 Å². The summed E-state index contributed by atoms with van der Waals surface area (Å²) < 4.78 is 36.8. The fourth-order valence-electron chi connectivity index (χ4n) is 2.44. The lowest BCUT2D eigenvalue weighted by Gasteiger charge is -2.20. The molecule has 2 rings (SSSR count). The number of anilines is 1. The maximum atomic E-state index is 12.3. The first-order chi connectivity index (χ1) is 8.87. The largest absolute Gasteiger partial charge is 0.481 e. The van der Waals surface area contributed by atoms with Crippen molar-refractivity contribution in [3.63, 3.8) is 0 Å². The van der Waals surface area contributed by atoms with E-state index < -0.39 is 18.6 Å². The Kier molecular flexibility index (Phi) is 3.68. The molecule has 6 heteroatoms. The molecule has 1 aliphatic heterocycles. The number of carbonyl (C=O) groups is 1. The predicted molar refractivity (Wildman–Crippen MR) is 64.3 cm³/mol. The predicted octanol–water partition coefficient (Wildman–Crippen LogP) is 3.02. The Morgan fingerprint density at radius 3 is 2.68 bits per heavy atom. The molecule has 0 saturated carbocycles. The maximum Gasteiger partial charge on any atom is 0.390 e. The van der Waals surface area contributed by atoms with Crippen molar-refractivity contribution in [2.24, 2.45) is 0 Å². The topological polar surface area (TPSA) is 40.5 Å². The van der Waals surface area contributed by atoms with Gasteiger partial charge < -0.3 is 10.0 Å². The minimum atomic E-state index is -4.19. The molecule has 0 radical (unpaired) electrons. The minimum Gasteiger partial charge on any atom is -0.481 e. The van der Waals surface area contributed by atoms with Crippen molar-refractivity contribution in [2.45, 2.75) is 24.9 Å². The van der Waals surface area contributed by atoms with E-state index >= 15 is 0 Å². The van der Waals surface area contributed by atoms with Gasteiger partial charge in [0.1, 0.15) is 0 Å². The molecule has 104 valence electrons. The van der Waals surface area contributed by atoms with Crippen molar-refractivity contribution in [3.05, 3.63) is 29.8 Å². The number of rotatable bonds is 4. The van der Waals surface area contributed by atoms with E-state index in [1.54, 1.807) is 29.2 Å². The summed E-state index contributed by atoms with van der Waals surface area (Å²) in [4.78, 5) is 12.4.